The quantitative estimate of drug-likeness (QED) is 0.905. The van der Waals surface area contributed by atoms with E-state index in [0.717, 1.165) is 37.5 Å². The molecule has 2 heterocycles. The van der Waals surface area contributed by atoms with E-state index in [1.165, 1.54) is 4.90 Å². The number of carbonyl (C=O) groups excluding carboxylic acids is 1. The van der Waals surface area contributed by atoms with Crippen LogP contribution in [-0.2, 0) is 4.79 Å². The Labute approximate surface area is 130 Å². The molecule has 1 aromatic rings. The Bertz CT molecular complexity index is 522. The second-order valence-corrected chi connectivity index (χ2v) is 7.16. The summed E-state index contributed by atoms with van der Waals surface area (Å²) in [6, 6.07) is 8.47. The zero-order valence-electron chi connectivity index (χ0n) is 12.5. The number of nitrogens with two attached hydrogens (primary N) is 1. The average molecular weight is 305 g/mol. The summed E-state index contributed by atoms with van der Waals surface area (Å²) in [5, 5.41) is 0. The van der Waals surface area contributed by atoms with Crippen molar-refractivity contribution in [1.82, 2.24) is 4.90 Å². The van der Waals surface area contributed by atoms with Crippen LogP contribution < -0.4 is 10.6 Å². The number of piperidine rings is 1. The highest BCUT2D eigenvalue weighted by atomic mass is 32.2. The molecule has 2 aliphatic rings. The number of para-hydroxylation sites is 1. The molecule has 0 spiro atoms. The van der Waals surface area contributed by atoms with E-state index >= 15 is 0 Å². The van der Waals surface area contributed by atoms with Crippen molar-refractivity contribution in [3.05, 3.63) is 24.3 Å². The molecular formula is C16H23N3OS. The topological polar surface area (TPSA) is 49.6 Å². The molecule has 1 saturated heterocycles. The van der Waals surface area contributed by atoms with Crippen LogP contribution in [0.2, 0.25) is 0 Å². The lowest BCUT2D eigenvalue weighted by atomic mass is 9.95. The molecule has 5 heteroatoms. The van der Waals surface area contributed by atoms with Gasteiger partial charge in [0, 0.05) is 36.3 Å². The van der Waals surface area contributed by atoms with Gasteiger partial charge in [0.15, 0.2) is 0 Å². The van der Waals surface area contributed by atoms with Crippen molar-refractivity contribution < 1.29 is 4.79 Å². The number of nitrogens with zero attached hydrogens (tertiary/aromatic N) is 2. The summed E-state index contributed by atoms with van der Waals surface area (Å²) in [5.41, 5.74) is 7.12. The van der Waals surface area contributed by atoms with E-state index < -0.39 is 0 Å². The lowest BCUT2D eigenvalue weighted by Gasteiger charge is -2.36. The molecular weight excluding hydrogens is 282 g/mol. The van der Waals surface area contributed by atoms with Crippen molar-refractivity contribution >= 4 is 23.4 Å². The van der Waals surface area contributed by atoms with Crippen LogP contribution in [0.4, 0.5) is 5.69 Å². The number of hydrogen-bond donors (Lipinski definition) is 1. The monoisotopic (exact) mass is 305 g/mol. The van der Waals surface area contributed by atoms with Crippen LogP contribution in [-0.4, -0.2) is 48.8 Å². The van der Waals surface area contributed by atoms with Gasteiger partial charge < -0.3 is 10.6 Å². The van der Waals surface area contributed by atoms with Gasteiger partial charge in [-0.15, -0.1) is 11.8 Å². The number of fused-ring (bicyclic) bond motifs is 1. The van der Waals surface area contributed by atoms with Crippen molar-refractivity contribution in [3.8, 4) is 0 Å². The van der Waals surface area contributed by atoms with Gasteiger partial charge in [0.25, 0.3) is 0 Å². The maximum absolute atomic E-state index is 12.7. The van der Waals surface area contributed by atoms with Crippen molar-refractivity contribution in [2.75, 3.05) is 36.8 Å². The van der Waals surface area contributed by atoms with Crippen LogP contribution in [0.15, 0.2) is 29.2 Å². The third-order valence-corrected chi connectivity index (χ3v) is 5.49. The Morgan fingerprint density at radius 3 is 3.00 bits per heavy atom. The minimum Gasteiger partial charge on any atom is -0.327 e. The van der Waals surface area contributed by atoms with Crippen molar-refractivity contribution in [1.29, 1.82) is 0 Å². The zero-order valence-corrected chi connectivity index (χ0v) is 13.3. The van der Waals surface area contributed by atoms with Crippen LogP contribution >= 0.6 is 11.8 Å². The molecule has 2 aliphatic heterocycles. The summed E-state index contributed by atoms with van der Waals surface area (Å²) >= 11 is 1.83. The number of likely N-dealkylation sites (tertiary alicyclic amines) is 1. The first-order chi connectivity index (χ1) is 10.1. The predicted molar refractivity (Wildman–Crippen MR) is 87.7 cm³/mol. The van der Waals surface area contributed by atoms with E-state index in [1.54, 1.807) is 0 Å². The molecule has 2 unspecified atom stereocenters. The van der Waals surface area contributed by atoms with E-state index in [0.29, 0.717) is 12.5 Å². The molecule has 114 valence electrons. The molecule has 0 aromatic heterocycles. The molecule has 0 aliphatic carbocycles. The van der Waals surface area contributed by atoms with Crippen molar-refractivity contribution in [2.45, 2.75) is 24.3 Å². The number of thioether (sulfide) groups is 1. The second kappa shape index (κ2) is 6.38. The van der Waals surface area contributed by atoms with Crippen molar-refractivity contribution in [2.24, 2.45) is 11.7 Å². The molecule has 1 amide bonds. The third kappa shape index (κ3) is 3.25. The number of rotatable bonds is 2. The Hall–Kier alpha value is -1.04. The smallest absolute Gasteiger partial charge is 0.241 e. The van der Waals surface area contributed by atoms with Crippen LogP contribution in [0.25, 0.3) is 0 Å². The number of amides is 1. The first-order valence-corrected chi connectivity index (χ1v) is 8.64. The lowest BCUT2D eigenvalue weighted by Crippen LogP contribution is -2.50. The summed E-state index contributed by atoms with van der Waals surface area (Å²) in [7, 11) is 0. The molecule has 4 nitrogen and oxygen atoms in total. The average Bonchev–Trinajstić information content (AvgIpc) is 2.50. The van der Waals surface area contributed by atoms with Crippen molar-refractivity contribution in [3.63, 3.8) is 0 Å². The number of hydrogen-bond acceptors (Lipinski definition) is 4. The maximum atomic E-state index is 12.7. The molecule has 3 rings (SSSR count). The Balaban J connectivity index is 1.67. The van der Waals surface area contributed by atoms with Gasteiger partial charge in [0.2, 0.25) is 5.91 Å². The van der Waals surface area contributed by atoms with E-state index in [1.807, 2.05) is 34.9 Å². The largest absolute Gasteiger partial charge is 0.327 e. The summed E-state index contributed by atoms with van der Waals surface area (Å²) in [6.07, 6.45) is 0.987. The highest BCUT2D eigenvalue weighted by Gasteiger charge is 2.28. The highest BCUT2D eigenvalue weighted by Crippen LogP contribution is 2.34. The van der Waals surface area contributed by atoms with E-state index in [-0.39, 0.29) is 11.9 Å². The lowest BCUT2D eigenvalue weighted by molar-refractivity contribution is -0.120. The van der Waals surface area contributed by atoms with Gasteiger partial charge in [-0.05, 0) is 24.5 Å². The fourth-order valence-corrected chi connectivity index (χ4v) is 4.09. The van der Waals surface area contributed by atoms with Gasteiger partial charge in [-0.25, -0.2) is 0 Å². The van der Waals surface area contributed by atoms with Crippen LogP contribution in [0.3, 0.4) is 0 Å². The molecule has 21 heavy (non-hydrogen) atoms. The molecule has 2 N–H and O–H groups in total. The molecule has 2 atom stereocenters. The van der Waals surface area contributed by atoms with Gasteiger partial charge >= 0.3 is 0 Å². The van der Waals surface area contributed by atoms with E-state index in [9.17, 15) is 4.79 Å². The molecule has 0 saturated carbocycles. The molecule has 1 aromatic carbocycles. The van der Waals surface area contributed by atoms with Crippen LogP contribution in [0.5, 0.6) is 0 Å². The Morgan fingerprint density at radius 2 is 2.19 bits per heavy atom. The second-order valence-electron chi connectivity index (χ2n) is 6.03. The van der Waals surface area contributed by atoms with Gasteiger partial charge in [0.1, 0.15) is 0 Å². The maximum Gasteiger partial charge on any atom is 0.241 e. The number of carbonyl (C=O) groups is 1. The fraction of sp³-hybridized carbons (Fsp3) is 0.562. The van der Waals surface area contributed by atoms with Gasteiger partial charge in [0.05, 0.1) is 12.2 Å². The predicted octanol–water partition coefficient (Wildman–Crippen LogP) is 1.79. The number of benzene rings is 1. The van der Waals surface area contributed by atoms with Crippen LogP contribution in [0.1, 0.15) is 13.3 Å². The molecule has 1 fully saturated rings. The minimum absolute atomic E-state index is 0.213. The fourth-order valence-electron chi connectivity index (χ4n) is 3.10. The normalized spacial score (nSPS) is 26.5. The summed E-state index contributed by atoms with van der Waals surface area (Å²) < 4.78 is 0. The Kier molecular flexibility index (Phi) is 4.52. The summed E-state index contributed by atoms with van der Waals surface area (Å²) in [4.78, 5) is 18.1. The van der Waals surface area contributed by atoms with E-state index in [2.05, 4.69) is 17.9 Å². The van der Waals surface area contributed by atoms with Gasteiger partial charge in [-0.1, -0.05) is 19.1 Å². The standard InChI is InChI=1S/C16H23N3OS/c1-12-10-18(7-6-13(12)17)11-16(20)19-8-9-21-15-5-3-2-4-14(15)19/h2-5,12-13H,6-11,17H2,1H3. The van der Waals surface area contributed by atoms with Crippen LogP contribution in [0, 0.1) is 5.92 Å². The first kappa shape index (κ1) is 14.9. The third-order valence-electron chi connectivity index (χ3n) is 4.44. The molecule has 0 radical (unpaired) electrons. The van der Waals surface area contributed by atoms with Gasteiger partial charge in [-0.3, -0.25) is 9.69 Å². The summed E-state index contributed by atoms with van der Waals surface area (Å²) in [6.45, 7) is 5.35. The highest BCUT2D eigenvalue weighted by molar-refractivity contribution is 7.99. The SMILES string of the molecule is CC1CN(CC(=O)N2CCSc3ccccc32)CCC1N. The first-order valence-electron chi connectivity index (χ1n) is 7.65. The number of anilines is 1. The van der Waals surface area contributed by atoms with Gasteiger partial charge in [-0.2, -0.15) is 0 Å². The zero-order chi connectivity index (χ0) is 14.8. The molecule has 0 bridgehead atoms. The summed E-state index contributed by atoms with van der Waals surface area (Å²) in [5.74, 6) is 1.66. The van der Waals surface area contributed by atoms with E-state index in [4.69, 9.17) is 5.73 Å². The Morgan fingerprint density at radius 1 is 1.38 bits per heavy atom. The minimum atomic E-state index is 0.213.